The third-order valence-electron chi connectivity index (χ3n) is 2.34. The number of thiophene rings is 1. The van der Waals surface area contributed by atoms with Gasteiger partial charge in [-0.15, -0.1) is 11.3 Å². The van der Waals surface area contributed by atoms with Crippen molar-refractivity contribution < 1.29 is 9.53 Å². The molecule has 0 fully saturated rings. The number of ether oxygens (including phenoxy) is 1. The van der Waals surface area contributed by atoms with Crippen LogP contribution in [0.2, 0.25) is 0 Å². The summed E-state index contributed by atoms with van der Waals surface area (Å²) in [4.78, 5) is 12.0. The Morgan fingerprint density at radius 1 is 1.56 bits per heavy atom. The standard InChI is InChI=1S/C11H14N2O2S/c1-7-8(2)16-11(9(7)6-12)13-5-4-10(14)15-3/h13H,4-5H2,1-3H3. The summed E-state index contributed by atoms with van der Waals surface area (Å²) in [6.45, 7) is 4.39. The molecule has 0 spiro atoms. The molecule has 0 atom stereocenters. The zero-order chi connectivity index (χ0) is 12.1. The average molecular weight is 238 g/mol. The van der Waals surface area contributed by atoms with E-state index >= 15 is 0 Å². The third kappa shape index (κ3) is 2.74. The lowest BCUT2D eigenvalue weighted by atomic mass is 10.2. The molecule has 1 aromatic rings. The molecule has 1 aromatic heterocycles. The minimum atomic E-state index is -0.254. The largest absolute Gasteiger partial charge is 0.469 e. The van der Waals surface area contributed by atoms with E-state index < -0.39 is 0 Å². The summed E-state index contributed by atoms with van der Waals surface area (Å²) in [6, 6.07) is 2.17. The summed E-state index contributed by atoms with van der Waals surface area (Å²) in [5, 5.41) is 12.9. The number of nitrogens with one attached hydrogen (secondary N) is 1. The maximum atomic E-state index is 10.9. The highest BCUT2D eigenvalue weighted by Gasteiger charge is 2.11. The van der Waals surface area contributed by atoms with Crippen molar-refractivity contribution in [3.63, 3.8) is 0 Å². The molecule has 0 radical (unpaired) electrons. The molecule has 0 bridgehead atoms. The van der Waals surface area contributed by atoms with Gasteiger partial charge in [0.2, 0.25) is 0 Å². The van der Waals surface area contributed by atoms with Gasteiger partial charge in [0.1, 0.15) is 11.1 Å². The summed E-state index contributed by atoms with van der Waals surface area (Å²) in [7, 11) is 1.36. The minimum absolute atomic E-state index is 0.254. The van der Waals surface area contributed by atoms with Gasteiger partial charge < -0.3 is 10.1 Å². The van der Waals surface area contributed by atoms with Crippen molar-refractivity contribution in [3.8, 4) is 6.07 Å². The fourth-order valence-corrected chi connectivity index (χ4v) is 2.30. The van der Waals surface area contributed by atoms with E-state index in [0.29, 0.717) is 18.5 Å². The lowest BCUT2D eigenvalue weighted by Gasteiger charge is -2.02. The second-order valence-electron chi connectivity index (χ2n) is 3.35. The summed E-state index contributed by atoms with van der Waals surface area (Å²) in [5.41, 5.74) is 1.68. The Bertz CT molecular complexity index is 432. The maximum Gasteiger partial charge on any atom is 0.307 e. The molecule has 86 valence electrons. The molecule has 0 amide bonds. The number of hydrogen-bond donors (Lipinski definition) is 1. The molecule has 0 aromatic carbocycles. The molecule has 0 aliphatic carbocycles. The van der Waals surface area contributed by atoms with Gasteiger partial charge in [0.25, 0.3) is 0 Å². The van der Waals surface area contributed by atoms with Gasteiger partial charge in [-0.1, -0.05) is 0 Å². The van der Waals surface area contributed by atoms with Crippen LogP contribution in [-0.2, 0) is 9.53 Å². The Labute approximate surface area is 98.8 Å². The van der Waals surface area contributed by atoms with E-state index in [2.05, 4.69) is 16.1 Å². The molecular weight excluding hydrogens is 224 g/mol. The van der Waals surface area contributed by atoms with E-state index in [-0.39, 0.29) is 5.97 Å². The van der Waals surface area contributed by atoms with E-state index in [0.717, 1.165) is 15.4 Å². The number of anilines is 1. The van der Waals surface area contributed by atoms with Gasteiger partial charge in [-0.25, -0.2) is 0 Å². The first-order valence-corrected chi connectivity index (χ1v) is 5.72. The number of carbonyl (C=O) groups excluding carboxylic acids is 1. The van der Waals surface area contributed by atoms with Gasteiger partial charge in [0, 0.05) is 11.4 Å². The Hall–Kier alpha value is -1.54. The molecule has 16 heavy (non-hydrogen) atoms. The topological polar surface area (TPSA) is 62.1 Å². The zero-order valence-electron chi connectivity index (χ0n) is 9.59. The van der Waals surface area contributed by atoms with Crippen molar-refractivity contribution >= 4 is 22.3 Å². The summed E-state index contributed by atoms with van der Waals surface area (Å²) in [5.74, 6) is -0.254. The van der Waals surface area contributed by atoms with Crippen LogP contribution < -0.4 is 5.32 Å². The van der Waals surface area contributed by atoms with Crippen LogP contribution in [0, 0.1) is 25.2 Å². The lowest BCUT2D eigenvalue weighted by molar-refractivity contribution is -0.140. The van der Waals surface area contributed by atoms with Crippen LogP contribution in [0.15, 0.2) is 0 Å². The SMILES string of the molecule is COC(=O)CCNc1sc(C)c(C)c1C#N. The van der Waals surface area contributed by atoms with E-state index in [4.69, 9.17) is 5.26 Å². The van der Waals surface area contributed by atoms with Crippen molar-refractivity contribution in [1.82, 2.24) is 0 Å². The van der Waals surface area contributed by atoms with Gasteiger partial charge in [-0.05, 0) is 19.4 Å². The number of esters is 1. The van der Waals surface area contributed by atoms with E-state index in [9.17, 15) is 4.79 Å². The fourth-order valence-electron chi connectivity index (χ4n) is 1.27. The quantitative estimate of drug-likeness (QED) is 0.817. The van der Waals surface area contributed by atoms with Gasteiger partial charge in [0.05, 0.1) is 19.1 Å². The second-order valence-corrected chi connectivity index (χ2v) is 4.58. The van der Waals surface area contributed by atoms with Crippen LogP contribution in [0.4, 0.5) is 5.00 Å². The van der Waals surface area contributed by atoms with E-state index in [1.807, 2.05) is 13.8 Å². The van der Waals surface area contributed by atoms with E-state index in [1.165, 1.54) is 18.4 Å². The highest BCUT2D eigenvalue weighted by Crippen LogP contribution is 2.31. The number of aryl methyl sites for hydroxylation is 1. The Morgan fingerprint density at radius 3 is 2.81 bits per heavy atom. The molecule has 0 saturated carbocycles. The Kier molecular flexibility index (Phi) is 4.32. The van der Waals surface area contributed by atoms with Gasteiger partial charge in [-0.3, -0.25) is 4.79 Å². The summed E-state index contributed by atoms with van der Waals surface area (Å²) < 4.78 is 4.53. The van der Waals surface area contributed by atoms with Crippen LogP contribution in [0.25, 0.3) is 0 Å². The minimum Gasteiger partial charge on any atom is -0.469 e. The molecule has 0 aliphatic heterocycles. The molecule has 1 rings (SSSR count). The first-order valence-electron chi connectivity index (χ1n) is 4.91. The molecule has 5 heteroatoms. The molecule has 4 nitrogen and oxygen atoms in total. The Balaban J connectivity index is 2.65. The predicted molar refractivity (Wildman–Crippen MR) is 63.6 cm³/mol. The monoisotopic (exact) mass is 238 g/mol. The first kappa shape index (κ1) is 12.5. The number of nitrogens with zero attached hydrogens (tertiary/aromatic N) is 1. The molecule has 1 heterocycles. The maximum absolute atomic E-state index is 10.9. The fraction of sp³-hybridized carbons (Fsp3) is 0.455. The Morgan fingerprint density at radius 2 is 2.25 bits per heavy atom. The number of hydrogen-bond acceptors (Lipinski definition) is 5. The van der Waals surface area contributed by atoms with Crippen molar-refractivity contribution in [3.05, 3.63) is 16.0 Å². The smallest absolute Gasteiger partial charge is 0.307 e. The number of nitriles is 1. The lowest BCUT2D eigenvalue weighted by Crippen LogP contribution is -2.09. The van der Waals surface area contributed by atoms with Crippen molar-refractivity contribution in [1.29, 1.82) is 5.26 Å². The van der Waals surface area contributed by atoms with Crippen molar-refractivity contribution in [2.45, 2.75) is 20.3 Å². The predicted octanol–water partition coefficient (Wildman–Crippen LogP) is 2.21. The summed E-state index contributed by atoms with van der Waals surface area (Å²) in [6.07, 6.45) is 0.303. The average Bonchev–Trinajstić information content (AvgIpc) is 2.54. The van der Waals surface area contributed by atoms with Crippen LogP contribution in [0.1, 0.15) is 22.4 Å². The number of carbonyl (C=O) groups is 1. The van der Waals surface area contributed by atoms with E-state index in [1.54, 1.807) is 0 Å². The molecule has 0 saturated heterocycles. The third-order valence-corrected chi connectivity index (χ3v) is 3.50. The molecular formula is C11H14N2O2S. The van der Waals surface area contributed by atoms with Crippen LogP contribution in [-0.4, -0.2) is 19.6 Å². The molecule has 1 N–H and O–H groups in total. The van der Waals surface area contributed by atoms with Crippen LogP contribution in [0.5, 0.6) is 0 Å². The second kappa shape index (κ2) is 5.52. The van der Waals surface area contributed by atoms with Gasteiger partial charge in [-0.2, -0.15) is 5.26 Å². The number of rotatable bonds is 4. The molecule has 0 aliphatic rings. The highest BCUT2D eigenvalue weighted by atomic mass is 32.1. The normalized spacial score (nSPS) is 9.62. The number of methoxy groups -OCH3 is 1. The summed E-state index contributed by atoms with van der Waals surface area (Å²) >= 11 is 1.54. The zero-order valence-corrected chi connectivity index (χ0v) is 10.4. The highest BCUT2D eigenvalue weighted by molar-refractivity contribution is 7.16. The van der Waals surface area contributed by atoms with Crippen molar-refractivity contribution in [2.24, 2.45) is 0 Å². The van der Waals surface area contributed by atoms with Gasteiger partial charge >= 0.3 is 5.97 Å². The van der Waals surface area contributed by atoms with Crippen LogP contribution in [0.3, 0.4) is 0 Å². The van der Waals surface area contributed by atoms with Crippen LogP contribution >= 0.6 is 11.3 Å². The van der Waals surface area contributed by atoms with Gasteiger partial charge in [0.15, 0.2) is 0 Å². The van der Waals surface area contributed by atoms with Crippen molar-refractivity contribution in [2.75, 3.05) is 19.0 Å². The molecule has 0 unspecified atom stereocenters. The first-order chi connectivity index (χ1) is 7.60.